The SMILES string of the molecule is O=C(Nc1ccc2[nH]c(-c3cccc(F)c3)nc2c1)c1ccc(-n2cc[nH]c2=S)cc1. The van der Waals surface area contributed by atoms with Crippen molar-refractivity contribution < 1.29 is 9.18 Å². The second kappa shape index (κ2) is 7.66. The molecule has 0 fully saturated rings. The molecule has 0 saturated heterocycles. The third-order valence-corrected chi connectivity index (χ3v) is 5.21. The van der Waals surface area contributed by atoms with Gasteiger partial charge < -0.3 is 15.3 Å². The van der Waals surface area contributed by atoms with Crippen LogP contribution in [-0.4, -0.2) is 25.4 Å². The lowest BCUT2D eigenvalue weighted by atomic mass is 10.2. The predicted molar refractivity (Wildman–Crippen MR) is 120 cm³/mol. The van der Waals surface area contributed by atoms with Crippen molar-refractivity contribution in [1.29, 1.82) is 0 Å². The summed E-state index contributed by atoms with van der Waals surface area (Å²) in [5.41, 5.74) is 4.13. The Hall–Kier alpha value is -4.04. The number of carbonyl (C=O) groups is 1. The lowest BCUT2D eigenvalue weighted by Crippen LogP contribution is -2.11. The van der Waals surface area contributed by atoms with E-state index in [0.717, 1.165) is 11.2 Å². The molecule has 2 heterocycles. The van der Waals surface area contributed by atoms with Crippen LogP contribution >= 0.6 is 12.2 Å². The van der Waals surface area contributed by atoms with Crippen LogP contribution in [0.5, 0.6) is 0 Å². The zero-order chi connectivity index (χ0) is 21.4. The van der Waals surface area contributed by atoms with Crippen molar-refractivity contribution >= 4 is 34.8 Å². The molecule has 0 aliphatic rings. The minimum Gasteiger partial charge on any atom is -0.338 e. The van der Waals surface area contributed by atoms with Gasteiger partial charge in [-0.2, -0.15) is 0 Å². The summed E-state index contributed by atoms with van der Waals surface area (Å²) in [5.74, 6) is 0.0113. The van der Waals surface area contributed by atoms with Gasteiger partial charge in [-0.3, -0.25) is 9.36 Å². The molecule has 152 valence electrons. The number of benzene rings is 3. The number of nitrogens with zero attached hydrogens (tertiary/aromatic N) is 2. The van der Waals surface area contributed by atoms with Crippen molar-refractivity contribution in [3.8, 4) is 17.1 Å². The largest absolute Gasteiger partial charge is 0.338 e. The fraction of sp³-hybridized carbons (Fsp3) is 0. The van der Waals surface area contributed by atoms with Crippen LogP contribution in [0.4, 0.5) is 10.1 Å². The number of aromatic nitrogens is 4. The Morgan fingerprint density at radius 2 is 1.90 bits per heavy atom. The molecule has 3 aromatic carbocycles. The third kappa shape index (κ3) is 3.76. The fourth-order valence-electron chi connectivity index (χ4n) is 3.36. The molecule has 0 bridgehead atoms. The van der Waals surface area contributed by atoms with E-state index in [0.29, 0.717) is 32.9 Å². The number of carbonyl (C=O) groups excluding carboxylic acids is 1. The molecule has 0 atom stereocenters. The second-order valence-electron chi connectivity index (χ2n) is 6.96. The van der Waals surface area contributed by atoms with Crippen molar-refractivity contribution in [3.05, 3.63) is 95.3 Å². The Bertz CT molecular complexity index is 1470. The smallest absolute Gasteiger partial charge is 0.255 e. The molecular weight excluding hydrogens is 413 g/mol. The first-order valence-corrected chi connectivity index (χ1v) is 9.91. The molecule has 0 aliphatic carbocycles. The molecule has 0 unspecified atom stereocenters. The van der Waals surface area contributed by atoms with E-state index in [1.807, 2.05) is 29.0 Å². The number of imidazole rings is 2. The quantitative estimate of drug-likeness (QED) is 0.332. The third-order valence-electron chi connectivity index (χ3n) is 4.90. The highest BCUT2D eigenvalue weighted by Crippen LogP contribution is 2.24. The van der Waals surface area contributed by atoms with Crippen LogP contribution in [0.2, 0.25) is 0 Å². The summed E-state index contributed by atoms with van der Waals surface area (Å²) in [4.78, 5) is 23.3. The lowest BCUT2D eigenvalue weighted by molar-refractivity contribution is 0.102. The molecule has 0 saturated carbocycles. The second-order valence-corrected chi connectivity index (χ2v) is 7.35. The number of hydrogen-bond donors (Lipinski definition) is 3. The van der Waals surface area contributed by atoms with E-state index in [-0.39, 0.29) is 11.7 Å². The molecule has 3 N–H and O–H groups in total. The van der Waals surface area contributed by atoms with Crippen LogP contribution in [0.3, 0.4) is 0 Å². The first-order valence-electron chi connectivity index (χ1n) is 9.50. The van der Waals surface area contributed by atoms with Crippen molar-refractivity contribution in [2.45, 2.75) is 0 Å². The zero-order valence-electron chi connectivity index (χ0n) is 16.1. The van der Waals surface area contributed by atoms with Crippen LogP contribution < -0.4 is 5.32 Å². The van der Waals surface area contributed by atoms with Gasteiger partial charge in [0.2, 0.25) is 0 Å². The van der Waals surface area contributed by atoms with Gasteiger partial charge in [0.1, 0.15) is 11.6 Å². The molecule has 8 heteroatoms. The van der Waals surface area contributed by atoms with Gasteiger partial charge in [0, 0.05) is 34.9 Å². The number of nitrogens with one attached hydrogen (secondary N) is 3. The van der Waals surface area contributed by atoms with Gasteiger partial charge in [-0.25, -0.2) is 9.37 Å². The number of aromatic amines is 2. The molecule has 0 radical (unpaired) electrons. The molecule has 5 rings (SSSR count). The first kappa shape index (κ1) is 19.0. The zero-order valence-corrected chi connectivity index (χ0v) is 16.9. The van der Waals surface area contributed by atoms with Crippen molar-refractivity contribution in [2.24, 2.45) is 0 Å². The van der Waals surface area contributed by atoms with Crippen LogP contribution in [0.15, 0.2) is 79.1 Å². The molecular formula is C23H16FN5OS. The first-order chi connectivity index (χ1) is 15.1. The summed E-state index contributed by atoms with van der Waals surface area (Å²) in [6.07, 6.45) is 3.59. The topological polar surface area (TPSA) is 78.5 Å². The Kier molecular flexibility index (Phi) is 4.68. The number of halogens is 1. The van der Waals surface area contributed by atoms with E-state index in [4.69, 9.17) is 12.2 Å². The standard InChI is InChI=1S/C23H16FN5OS/c24-16-3-1-2-15(12-16)21-27-19-9-6-17(13-20(19)28-21)26-22(30)14-4-7-18(8-5-14)29-11-10-25-23(29)31/h1-13H,(H,25,31)(H,26,30)(H,27,28). The van der Waals surface area contributed by atoms with Gasteiger partial charge in [0.05, 0.1) is 11.0 Å². The van der Waals surface area contributed by atoms with Gasteiger partial charge >= 0.3 is 0 Å². The Morgan fingerprint density at radius 1 is 1.06 bits per heavy atom. The summed E-state index contributed by atoms with van der Waals surface area (Å²) >= 11 is 5.22. The maximum absolute atomic E-state index is 13.5. The molecule has 6 nitrogen and oxygen atoms in total. The summed E-state index contributed by atoms with van der Waals surface area (Å²) in [6, 6.07) is 18.8. The molecule has 0 aliphatic heterocycles. The Morgan fingerprint density at radius 3 is 2.65 bits per heavy atom. The van der Waals surface area contributed by atoms with Gasteiger partial charge in [0.15, 0.2) is 4.77 Å². The maximum atomic E-state index is 13.5. The molecule has 5 aromatic rings. The normalized spacial score (nSPS) is 11.0. The average molecular weight is 429 g/mol. The van der Waals surface area contributed by atoms with Crippen LogP contribution in [-0.2, 0) is 0 Å². The predicted octanol–water partition coefficient (Wildman–Crippen LogP) is 5.47. The van der Waals surface area contributed by atoms with E-state index >= 15 is 0 Å². The monoisotopic (exact) mass is 429 g/mol. The average Bonchev–Trinajstić information content (AvgIpc) is 3.39. The number of anilines is 1. The van der Waals surface area contributed by atoms with Crippen LogP contribution in [0.25, 0.3) is 28.1 Å². The minimum atomic E-state index is -0.323. The van der Waals surface area contributed by atoms with Crippen LogP contribution in [0.1, 0.15) is 10.4 Å². The summed E-state index contributed by atoms with van der Waals surface area (Å²) < 4.78 is 15.9. The highest BCUT2D eigenvalue weighted by molar-refractivity contribution is 7.71. The highest BCUT2D eigenvalue weighted by Gasteiger charge is 2.10. The number of rotatable bonds is 4. The summed E-state index contributed by atoms with van der Waals surface area (Å²) in [5, 5.41) is 2.89. The summed E-state index contributed by atoms with van der Waals surface area (Å²) in [7, 11) is 0. The molecule has 1 amide bonds. The van der Waals surface area contributed by atoms with E-state index in [1.165, 1.54) is 12.1 Å². The fourth-order valence-corrected chi connectivity index (χ4v) is 3.59. The van der Waals surface area contributed by atoms with Gasteiger partial charge in [0.25, 0.3) is 5.91 Å². The molecule has 2 aromatic heterocycles. The number of H-pyrrole nitrogens is 2. The van der Waals surface area contributed by atoms with E-state index in [2.05, 4.69) is 20.3 Å². The lowest BCUT2D eigenvalue weighted by Gasteiger charge is -2.07. The van der Waals surface area contributed by atoms with Crippen molar-refractivity contribution in [2.75, 3.05) is 5.32 Å². The Labute approximate surface area is 181 Å². The number of hydrogen-bond acceptors (Lipinski definition) is 3. The maximum Gasteiger partial charge on any atom is 0.255 e. The molecule has 31 heavy (non-hydrogen) atoms. The number of fused-ring (bicyclic) bond motifs is 1. The number of amides is 1. The highest BCUT2D eigenvalue weighted by atomic mass is 32.1. The van der Waals surface area contributed by atoms with Gasteiger partial charge in [-0.15, -0.1) is 0 Å². The van der Waals surface area contributed by atoms with Gasteiger partial charge in [-0.1, -0.05) is 12.1 Å². The van der Waals surface area contributed by atoms with E-state index in [1.54, 1.807) is 42.6 Å². The van der Waals surface area contributed by atoms with Crippen molar-refractivity contribution in [3.63, 3.8) is 0 Å². The van der Waals surface area contributed by atoms with Crippen LogP contribution in [0, 0.1) is 10.6 Å². The summed E-state index contributed by atoms with van der Waals surface area (Å²) in [6.45, 7) is 0. The van der Waals surface area contributed by atoms with Gasteiger partial charge in [-0.05, 0) is 66.8 Å². The van der Waals surface area contributed by atoms with E-state index < -0.39 is 0 Å². The molecule has 0 spiro atoms. The van der Waals surface area contributed by atoms with E-state index in [9.17, 15) is 9.18 Å². The minimum absolute atomic E-state index is 0.232. The Balaban J connectivity index is 1.37. The van der Waals surface area contributed by atoms with Crippen molar-refractivity contribution in [1.82, 2.24) is 19.5 Å².